The van der Waals surface area contributed by atoms with Crippen LogP contribution >= 0.6 is 0 Å². The van der Waals surface area contributed by atoms with Gasteiger partial charge in [-0.15, -0.1) is 0 Å². The molecule has 0 aliphatic heterocycles. The third-order valence-electron chi connectivity index (χ3n) is 2.75. The molecule has 0 aliphatic carbocycles. The number of nitrogens with zero attached hydrogens (tertiary/aromatic N) is 1. The van der Waals surface area contributed by atoms with E-state index in [0.29, 0.717) is 18.0 Å². The van der Waals surface area contributed by atoms with Crippen LogP contribution < -0.4 is 5.32 Å². The zero-order chi connectivity index (χ0) is 14.2. The second-order valence-electron chi connectivity index (χ2n) is 4.73. The monoisotopic (exact) mass is 272 g/mol. The van der Waals surface area contributed by atoms with Gasteiger partial charge in [0.2, 0.25) is 0 Å². The van der Waals surface area contributed by atoms with Gasteiger partial charge in [-0.25, -0.2) is 4.98 Å². The number of aromatic nitrogens is 1. The van der Waals surface area contributed by atoms with E-state index in [9.17, 15) is 13.2 Å². The molecule has 2 aromatic rings. The van der Waals surface area contributed by atoms with Gasteiger partial charge in [-0.1, -0.05) is 13.8 Å². The Morgan fingerprint density at radius 1 is 1.32 bits per heavy atom. The molecular formula is C13H15F3N2O. The maximum atomic E-state index is 13.0. The van der Waals surface area contributed by atoms with E-state index in [1.54, 1.807) is 13.1 Å². The minimum atomic E-state index is -4.45. The number of oxazole rings is 1. The molecular weight excluding hydrogens is 257 g/mol. The van der Waals surface area contributed by atoms with Crippen molar-refractivity contribution in [1.82, 2.24) is 10.3 Å². The number of hydrogen-bond donors (Lipinski definition) is 1. The highest BCUT2D eigenvalue weighted by Gasteiger charge is 2.35. The standard InChI is InChI=1S/C13H15F3N2O/c1-7(2)12-18-10-5-8(6-17-3)4-9(11(10)19-12)13(14,15)16/h4-5,7,17H,6H2,1-3H3. The Labute approximate surface area is 108 Å². The third kappa shape index (κ3) is 2.73. The Morgan fingerprint density at radius 2 is 2.00 bits per heavy atom. The molecule has 0 atom stereocenters. The van der Waals surface area contributed by atoms with Crippen molar-refractivity contribution in [1.29, 1.82) is 0 Å². The zero-order valence-electron chi connectivity index (χ0n) is 10.9. The number of benzene rings is 1. The fourth-order valence-electron chi connectivity index (χ4n) is 1.87. The molecule has 1 aromatic heterocycles. The SMILES string of the molecule is CNCc1cc(C(F)(F)F)c2oc(C(C)C)nc2c1. The number of rotatable bonds is 3. The van der Waals surface area contributed by atoms with Crippen LogP contribution in [0, 0.1) is 0 Å². The average molecular weight is 272 g/mol. The van der Waals surface area contributed by atoms with Gasteiger partial charge in [0, 0.05) is 12.5 Å². The summed E-state index contributed by atoms with van der Waals surface area (Å²) >= 11 is 0. The van der Waals surface area contributed by atoms with E-state index in [-0.39, 0.29) is 17.0 Å². The predicted octanol–water partition coefficient (Wildman–Crippen LogP) is 3.69. The predicted molar refractivity (Wildman–Crippen MR) is 65.9 cm³/mol. The molecule has 0 bridgehead atoms. The summed E-state index contributed by atoms with van der Waals surface area (Å²) in [5.74, 6) is 0.267. The minimum absolute atomic E-state index is 0.0544. The van der Waals surface area contributed by atoms with Crippen LogP contribution in [0.15, 0.2) is 16.5 Å². The van der Waals surface area contributed by atoms with Crippen LogP contribution in [-0.4, -0.2) is 12.0 Å². The summed E-state index contributed by atoms with van der Waals surface area (Å²) in [6, 6.07) is 2.73. The van der Waals surface area contributed by atoms with Gasteiger partial charge < -0.3 is 9.73 Å². The number of hydrogen-bond acceptors (Lipinski definition) is 3. The first kappa shape index (κ1) is 13.9. The van der Waals surface area contributed by atoms with Crippen molar-refractivity contribution in [3.05, 3.63) is 29.2 Å². The first-order valence-corrected chi connectivity index (χ1v) is 5.98. The fourth-order valence-corrected chi connectivity index (χ4v) is 1.87. The molecule has 1 aromatic carbocycles. The summed E-state index contributed by atoms with van der Waals surface area (Å²) in [5, 5.41) is 2.83. The second kappa shape index (κ2) is 4.85. The van der Waals surface area contributed by atoms with Crippen LogP contribution in [0.4, 0.5) is 13.2 Å². The maximum absolute atomic E-state index is 13.0. The molecule has 0 unspecified atom stereocenters. The van der Waals surface area contributed by atoms with E-state index in [4.69, 9.17) is 4.42 Å². The van der Waals surface area contributed by atoms with Gasteiger partial charge >= 0.3 is 6.18 Å². The molecule has 0 saturated carbocycles. The highest BCUT2D eigenvalue weighted by Crippen LogP contribution is 2.36. The topological polar surface area (TPSA) is 38.1 Å². The van der Waals surface area contributed by atoms with Gasteiger partial charge in [-0.05, 0) is 24.7 Å². The van der Waals surface area contributed by atoms with Crippen LogP contribution in [0.2, 0.25) is 0 Å². The molecule has 0 radical (unpaired) electrons. The molecule has 1 N–H and O–H groups in total. The number of halogens is 3. The van der Waals surface area contributed by atoms with Crippen molar-refractivity contribution in [2.75, 3.05) is 7.05 Å². The van der Waals surface area contributed by atoms with Gasteiger partial charge in [0.1, 0.15) is 11.1 Å². The fraction of sp³-hybridized carbons (Fsp3) is 0.462. The third-order valence-corrected chi connectivity index (χ3v) is 2.75. The quantitative estimate of drug-likeness (QED) is 0.926. The molecule has 3 nitrogen and oxygen atoms in total. The van der Waals surface area contributed by atoms with Crippen LogP contribution in [-0.2, 0) is 12.7 Å². The highest BCUT2D eigenvalue weighted by atomic mass is 19.4. The number of fused-ring (bicyclic) bond motifs is 1. The highest BCUT2D eigenvalue weighted by molar-refractivity contribution is 5.78. The lowest BCUT2D eigenvalue weighted by molar-refractivity contribution is -0.136. The average Bonchev–Trinajstić information content (AvgIpc) is 2.70. The molecule has 19 heavy (non-hydrogen) atoms. The van der Waals surface area contributed by atoms with E-state index in [1.807, 2.05) is 13.8 Å². The Balaban J connectivity index is 2.68. The largest absolute Gasteiger partial charge is 0.440 e. The van der Waals surface area contributed by atoms with E-state index in [2.05, 4.69) is 10.3 Å². The molecule has 0 aliphatic rings. The van der Waals surface area contributed by atoms with Crippen molar-refractivity contribution >= 4 is 11.1 Å². The maximum Gasteiger partial charge on any atom is 0.420 e. The van der Waals surface area contributed by atoms with Crippen molar-refractivity contribution in [3.63, 3.8) is 0 Å². The lowest BCUT2D eigenvalue weighted by Crippen LogP contribution is -2.09. The van der Waals surface area contributed by atoms with Gasteiger partial charge in [0.05, 0.1) is 0 Å². The van der Waals surface area contributed by atoms with E-state index < -0.39 is 11.7 Å². The Kier molecular flexibility index (Phi) is 3.54. The molecule has 0 spiro atoms. The van der Waals surface area contributed by atoms with Crippen molar-refractivity contribution < 1.29 is 17.6 Å². The number of nitrogens with one attached hydrogen (secondary N) is 1. The second-order valence-corrected chi connectivity index (χ2v) is 4.73. The normalized spacial score (nSPS) is 12.6. The summed E-state index contributed by atoms with van der Waals surface area (Å²) in [7, 11) is 1.68. The van der Waals surface area contributed by atoms with E-state index >= 15 is 0 Å². The molecule has 0 saturated heterocycles. The Bertz CT molecular complexity index is 587. The molecule has 0 fully saturated rings. The molecule has 6 heteroatoms. The van der Waals surface area contributed by atoms with Gasteiger partial charge in [0.25, 0.3) is 0 Å². The van der Waals surface area contributed by atoms with Crippen molar-refractivity contribution in [2.45, 2.75) is 32.5 Å². The van der Waals surface area contributed by atoms with Gasteiger partial charge in [0.15, 0.2) is 11.5 Å². The molecule has 0 amide bonds. The Hall–Kier alpha value is -1.56. The summed E-state index contributed by atoms with van der Waals surface area (Å²) in [6.07, 6.45) is -4.45. The van der Waals surface area contributed by atoms with Crippen LogP contribution in [0.3, 0.4) is 0 Å². The van der Waals surface area contributed by atoms with Gasteiger partial charge in [-0.2, -0.15) is 13.2 Å². The zero-order valence-corrected chi connectivity index (χ0v) is 10.9. The van der Waals surface area contributed by atoms with Crippen LogP contribution in [0.5, 0.6) is 0 Å². The summed E-state index contributed by atoms with van der Waals surface area (Å²) in [6.45, 7) is 4.00. The van der Waals surface area contributed by atoms with E-state index in [1.165, 1.54) is 0 Å². The minimum Gasteiger partial charge on any atom is -0.440 e. The smallest absolute Gasteiger partial charge is 0.420 e. The lowest BCUT2D eigenvalue weighted by Gasteiger charge is -2.09. The summed E-state index contributed by atoms with van der Waals surface area (Å²) < 4.78 is 44.4. The van der Waals surface area contributed by atoms with Crippen molar-refractivity contribution in [2.24, 2.45) is 0 Å². The van der Waals surface area contributed by atoms with Gasteiger partial charge in [-0.3, -0.25) is 0 Å². The lowest BCUT2D eigenvalue weighted by atomic mass is 10.1. The first-order chi connectivity index (χ1) is 8.82. The number of alkyl halides is 3. The Morgan fingerprint density at radius 3 is 2.53 bits per heavy atom. The summed E-state index contributed by atoms with van der Waals surface area (Å²) in [4.78, 5) is 4.13. The molecule has 104 valence electrons. The first-order valence-electron chi connectivity index (χ1n) is 5.98. The van der Waals surface area contributed by atoms with E-state index in [0.717, 1.165) is 6.07 Å². The van der Waals surface area contributed by atoms with Crippen LogP contribution in [0.25, 0.3) is 11.1 Å². The van der Waals surface area contributed by atoms with Crippen LogP contribution in [0.1, 0.15) is 36.8 Å². The van der Waals surface area contributed by atoms with Crippen molar-refractivity contribution in [3.8, 4) is 0 Å². The molecule has 2 rings (SSSR count). The molecule has 1 heterocycles. The summed E-state index contributed by atoms with van der Waals surface area (Å²) in [5.41, 5.74) is -0.166.